The van der Waals surface area contributed by atoms with Crippen molar-refractivity contribution in [3.8, 4) is 0 Å². The van der Waals surface area contributed by atoms with Gasteiger partial charge in [-0.2, -0.15) is 0 Å². The number of aromatic nitrogens is 2. The van der Waals surface area contributed by atoms with E-state index < -0.39 is 12.0 Å². The van der Waals surface area contributed by atoms with Gasteiger partial charge in [0, 0.05) is 25.4 Å². The first kappa shape index (κ1) is 13.2. The largest absolute Gasteiger partial charge is 0.467 e. The average molecular weight is 241 g/mol. The highest BCUT2D eigenvalue weighted by molar-refractivity contribution is 5.85. The number of carbonyl (C=O) groups is 2. The van der Waals surface area contributed by atoms with E-state index in [1.165, 1.54) is 20.5 Å². The Labute approximate surface area is 98.5 Å². The Morgan fingerprint density at radius 1 is 1.53 bits per heavy atom. The quantitative estimate of drug-likeness (QED) is 0.640. The van der Waals surface area contributed by atoms with Gasteiger partial charge in [0.1, 0.15) is 12.6 Å². The van der Waals surface area contributed by atoms with Crippen LogP contribution in [0.5, 0.6) is 0 Å². The molecule has 94 valence electrons. The molecule has 0 saturated carbocycles. The predicted octanol–water partition coefficient (Wildman–Crippen LogP) is -0.744. The van der Waals surface area contributed by atoms with Gasteiger partial charge in [0.2, 0.25) is 5.91 Å². The second-order valence-corrected chi connectivity index (χ2v) is 3.36. The lowest BCUT2D eigenvalue weighted by Gasteiger charge is -2.15. The molecule has 0 unspecified atom stereocenters. The van der Waals surface area contributed by atoms with E-state index in [9.17, 15) is 9.59 Å². The van der Waals surface area contributed by atoms with Crippen molar-refractivity contribution in [3.63, 3.8) is 0 Å². The molecule has 17 heavy (non-hydrogen) atoms. The molecule has 7 nitrogen and oxygen atoms in total. The second kappa shape index (κ2) is 6.64. The zero-order valence-electron chi connectivity index (χ0n) is 9.73. The number of carbonyl (C=O) groups excluding carboxylic acids is 2. The van der Waals surface area contributed by atoms with Crippen molar-refractivity contribution in [2.75, 3.05) is 20.8 Å². The summed E-state index contributed by atoms with van der Waals surface area (Å²) in [5.41, 5.74) is 0.734. The van der Waals surface area contributed by atoms with Crippen LogP contribution in [-0.2, 0) is 25.5 Å². The first-order valence-electron chi connectivity index (χ1n) is 5.00. The number of nitrogens with zero attached hydrogens (tertiary/aromatic N) is 1. The summed E-state index contributed by atoms with van der Waals surface area (Å²) in [5, 5.41) is 2.52. The molecule has 7 heteroatoms. The molecule has 1 rings (SSSR count). The van der Waals surface area contributed by atoms with Gasteiger partial charge < -0.3 is 19.8 Å². The molecule has 0 aromatic carbocycles. The molecule has 1 atom stereocenters. The van der Waals surface area contributed by atoms with Gasteiger partial charge in [-0.05, 0) is 0 Å². The minimum atomic E-state index is -0.747. The van der Waals surface area contributed by atoms with Crippen LogP contribution in [0.1, 0.15) is 5.69 Å². The molecule has 2 N–H and O–H groups in total. The van der Waals surface area contributed by atoms with Gasteiger partial charge in [-0.1, -0.05) is 0 Å². The first-order chi connectivity index (χ1) is 8.17. The fraction of sp³-hybridized carbons (Fsp3) is 0.500. The van der Waals surface area contributed by atoms with Crippen LogP contribution in [0.2, 0.25) is 0 Å². The lowest BCUT2D eigenvalue weighted by atomic mass is 10.1. The van der Waals surface area contributed by atoms with E-state index in [4.69, 9.17) is 0 Å². The molecular formula is C10H15N3O4. The Kier molecular flexibility index (Phi) is 5.15. The fourth-order valence-electron chi connectivity index (χ4n) is 1.32. The molecule has 0 fully saturated rings. The number of esters is 1. The van der Waals surface area contributed by atoms with Crippen LogP contribution in [0, 0.1) is 0 Å². The monoisotopic (exact) mass is 241 g/mol. The van der Waals surface area contributed by atoms with Crippen molar-refractivity contribution in [1.29, 1.82) is 0 Å². The van der Waals surface area contributed by atoms with Crippen LogP contribution in [0.25, 0.3) is 0 Å². The molecule has 1 aromatic rings. The number of hydrogen-bond acceptors (Lipinski definition) is 5. The Hall–Kier alpha value is -1.89. The molecular weight excluding hydrogens is 226 g/mol. The van der Waals surface area contributed by atoms with Crippen LogP contribution in [-0.4, -0.2) is 48.7 Å². The van der Waals surface area contributed by atoms with Gasteiger partial charge in [0.25, 0.3) is 0 Å². The number of ether oxygens (including phenoxy) is 2. The van der Waals surface area contributed by atoms with Gasteiger partial charge >= 0.3 is 5.97 Å². The first-order valence-corrected chi connectivity index (χ1v) is 5.00. The van der Waals surface area contributed by atoms with E-state index in [-0.39, 0.29) is 12.5 Å². The SMILES string of the molecule is COCC(=O)N[C@@H](Cc1cnc[nH]1)C(=O)OC. The third kappa shape index (κ3) is 4.23. The second-order valence-electron chi connectivity index (χ2n) is 3.36. The predicted molar refractivity (Wildman–Crippen MR) is 58.1 cm³/mol. The number of methoxy groups -OCH3 is 2. The van der Waals surface area contributed by atoms with Crippen molar-refractivity contribution >= 4 is 11.9 Å². The van der Waals surface area contributed by atoms with Gasteiger partial charge in [0.15, 0.2) is 0 Å². The zero-order chi connectivity index (χ0) is 12.7. The molecule has 0 saturated heterocycles. The standard InChI is InChI=1S/C10H15N3O4/c1-16-5-9(14)13-8(10(15)17-2)3-7-4-11-6-12-7/h4,6,8H,3,5H2,1-2H3,(H,11,12)(H,13,14)/t8-/m0/s1. The van der Waals surface area contributed by atoms with Crippen molar-refractivity contribution in [3.05, 3.63) is 18.2 Å². The smallest absolute Gasteiger partial charge is 0.328 e. The number of H-pyrrole nitrogens is 1. The molecule has 0 aliphatic rings. The molecule has 0 bridgehead atoms. The molecule has 1 heterocycles. The Balaban J connectivity index is 2.60. The summed E-state index contributed by atoms with van der Waals surface area (Å²) in [6, 6.07) is -0.747. The number of rotatable bonds is 6. The summed E-state index contributed by atoms with van der Waals surface area (Å²) in [6.45, 7) is -0.101. The van der Waals surface area contributed by atoms with Crippen molar-refractivity contribution < 1.29 is 19.1 Å². The van der Waals surface area contributed by atoms with Crippen LogP contribution >= 0.6 is 0 Å². The number of hydrogen-bond donors (Lipinski definition) is 2. The Bertz CT molecular complexity index is 364. The Morgan fingerprint density at radius 2 is 2.29 bits per heavy atom. The lowest BCUT2D eigenvalue weighted by Crippen LogP contribution is -2.44. The summed E-state index contributed by atoms with van der Waals surface area (Å²) in [7, 11) is 2.67. The maximum absolute atomic E-state index is 11.5. The highest BCUT2D eigenvalue weighted by Crippen LogP contribution is 2.00. The van der Waals surface area contributed by atoms with Gasteiger partial charge in [-0.15, -0.1) is 0 Å². The van der Waals surface area contributed by atoms with Crippen molar-refractivity contribution in [2.45, 2.75) is 12.5 Å². The van der Waals surface area contributed by atoms with E-state index in [1.807, 2.05) is 0 Å². The third-order valence-corrected chi connectivity index (χ3v) is 2.08. The number of nitrogens with one attached hydrogen (secondary N) is 2. The van der Waals surface area contributed by atoms with Gasteiger partial charge in [-0.25, -0.2) is 9.78 Å². The molecule has 0 aliphatic heterocycles. The summed E-state index contributed by atoms with van der Waals surface area (Å²) >= 11 is 0. The van der Waals surface area contributed by atoms with Crippen molar-refractivity contribution in [2.24, 2.45) is 0 Å². The summed E-state index contributed by atoms with van der Waals surface area (Å²) in [6.07, 6.45) is 3.38. The maximum atomic E-state index is 11.5. The van der Waals surface area contributed by atoms with E-state index in [1.54, 1.807) is 6.20 Å². The zero-order valence-corrected chi connectivity index (χ0v) is 9.73. The Morgan fingerprint density at radius 3 is 2.82 bits per heavy atom. The van der Waals surface area contributed by atoms with E-state index in [2.05, 4.69) is 24.8 Å². The fourth-order valence-corrected chi connectivity index (χ4v) is 1.32. The average Bonchev–Trinajstić information content (AvgIpc) is 2.80. The highest BCUT2D eigenvalue weighted by atomic mass is 16.5. The number of aromatic amines is 1. The summed E-state index contributed by atoms with van der Waals surface area (Å²) < 4.78 is 9.28. The molecule has 0 aliphatic carbocycles. The van der Waals surface area contributed by atoms with Crippen LogP contribution in [0.4, 0.5) is 0 Å². The van der Waals surface area contributed by atoms with Crippen LogP contribution in [0.3, 0.4) is 0 Å². The van der Waals surface area contributed by atoms with E-state index in [0.29, 0.717) is 6.42 Å². The van der Waals surface area contributed by atoms with Crippen LogP contribution in [0.15, 0.2) is 12.5 Å². The maximum Gasteiger partial charge on any atom is 0.328 e. The number of imidazole rings is 1. The molecule has 1 amide bonds. The van der Waals surface area contributed by atoms with Gasteiger partial charge in [0.05, 0.1) is 13.4 Å². The van der Waals surface area contributed by atoms with Gasteiger partial charge in [-0.3, -0.25) is 4.79 Å². The van der Waals surface area contributed by atoms with Crippen LogP contribution < -0.4 is 5.32 Å². The topological polar surface area (TPSA) is 93.3 Å². The minimum Gasteiger partial charge on any atom is -0.467 e. The third-order valence-electron chi connectivity index (χ3n) is 2.08. The number of amides is 1. The highest BCUT2D eigenvalue weighted by Gasteiger charge is 2.22. The van der Waals surface area contributed by atoms with E-state index >= 15 is 0 Å². The summed E-state index contributed by atoms with van der Waals surface area (Å²) in [4.78, 5) is 29.5. The minimum absolute atomic E-state index is 0.101. The lowest BCUT2D eigenvalue weighted by molar-refractivity contribution is -0.145. The molecule has 0 spiro atoms. The normalized spacial score (nSPS) is 11.9. The summed E-state index contributed by atoms with van der Waals surface area (Å²) in [5.74, 6) is -0.883. The molecule has 0 radical (unpaired) electrons. The van der Waals surface area contributed by atoms with Crippen molar-refractivity contribution in [1.82, 2.24) is 15.3 Å². The van der Waals surface area contributed by atoms with E-state index in [0.717, 1.165) is 5.69 Å². The molecule has 1 aromatic heterocycles.